The quantitative estimate of drug-likeness (QED) is 0.428. The Morgan fingerprint density at radius 2 is 1.75 bits per heavy atom. The molecule has 3 atom stereocenters. The number of fused-ring (bicyclic) bond motifs is 2. The van der Waals surface area contributed by atoms with Crippen LogP contribution in [0.4, 0.5) is 0 Å². The number of carbonyl (C=O) groups excluding carboxylic acids is 1. The Morgan fingerprint density at radius 3 is 2.34 bits per heavy atom. The first-order valence-electron chi connectivity index (χ1n) is 11.2. The molecule has 2 aliphatic carbocycles. The molecular formula is C26H32IO4S+. The number of hydrogen-bond acceptors (Lipinski definition) is 3. The number of rotatable bonds is 6. The van der Waals surface area contributed by atoms with Gasteiger partial charge < -0.3 is 0 Å². The van der Waals surface area contributed by atoms with Crippen LogP contribution in [0.5, 0.6) is 0 Å². The van der Waals surface area contributed by atoms with Gasteiger partial charge in [0.05, 0.1) is 11.2 Å². The van der Waals surface area contributed by atoms with Gasteiger partial charge in [-0.3, -0.25) is 9.35 Å². The lowest BCUT2D eigenvalue weighted by Gasteiger charge is -2.38. The first-order chi connectivity index (χ1) is 14.8. The Kier molecular flexibility index (Phi) is 6.13. The van der Waals surface area contributed by atoms with E-state index in [4.69, 9.17) is 0 Å². The van der Waals surface area contributed by atoms with Crippen molar-refractivity contribution in [1.29, 1.82) is 0 Å². The molecule has 2 aromatic carbocycles. The van der Waals surface area contributed by atoms with Gasteiger partial charge in [0.15, 0.2) is 7.14 Å². The second-order valence-corrected chi connectivity index (χ2v) is 15.1. The van der Waals surface area contributed by atoms with Gasteiger partial charge in [-0.05, 0) is 59.8 Å². The van der Waals surface area contributed by atoms with Gasteiger partial charge in [0, 0.05) is 12.0 Å². The Balaban J connectivity index is 1.64. The summed E-state index contributed by atoms with van der Waals surface area (Å²) in [5.41, 5.74) is 1.24. The fourth-order valence-electron chi connectivity index (χ4n) is 5.82. The van der Waals surface area contributed by atoms with E-state index in [-0.39, 0.29) is 17.1 Å². The molecule has 1 N–H and O–H groups in total. The lowest BCUT2D eigenvalue weighted by atomic mass is 9.65. The maximum atomic E-state index is 13.0. The van der Waals surface area contributed by atoms with Gasteiger partial charge in [-0.15, -0.1) is 0 Å². The average Bonchev–Trinajstić information content (AvgIpc) is 3.04. The SMILES string of the molecule is CC(C)(C)c1ccc([I+]c2ccccc2CC2(C)C3CCC2(CS(=O)(=O)O)C(=O)C3)cc1. The van der Waals surface area contributed by atoms with E-state index in [1.807, 2.05) is 6.07 Å². The zero-order valence-electron chi connectivity index (χ0n) is 19.2. The van der Waals surface area contributed by atoms with Crippen LogP contribution in [0.3, 0.4) is 0 Å². The van der Waals surface area contributed by atoms with Gasteiger partial charge >= 0.3 is 21.2 Å². The lowest BCUT2D eigenvalue weighted by molar-refractivity contribution is -0.598. The summed E-state index contributed by atoms with van der Waals surface area (Å²) in [5, 5.41) is 0. The second-order valence-electron chi connectivity index (χ2n) is 10.7. The molecule has 2 fully saturated rings. The van der Waals surface area contributed by atoms with Crippen LogP contribution in [0.15, 0.2) is 48.5 Å². The maximum Gasteiger partial charge on any atom is 0.358 e. The van der Waals surface area contributed by atoms with E-state index in [1.54, 1.807) is 0 Å². The van der Waals surface area contributed by atoms with E-state index in [0.717, 1.165) is 6.42 Å². The smallest absolute Gasteiger partial charge is 0.299 e. The minimum atomic E-state index is -4.24. The summed E-state index contributed by atoms with van der Waals surface area (Å²) >= 11 is -0.404. The van der Waals surface area contributed by atoms with Crippen molar-refractivity contribution in [2.45, 2.75) is 58.8 Å². The standard InChI is InChI=1S/C26H31IO4S/c1-24(2,3)19-9-11-21(12-10-19)27-22-8-6-5-7-18(22)16-25(4)20-13-14-26(25,23(28)15-20)17-32(29,30)31/h5-12,20H,13-17H2,1-4H3/p+1. The molecule has 0 heterocycles. The minimum Gasteiger partial charge on any atom is -0.299 e. The topological polar surface area (TPSA) is 71.4 Å². The molecule has 0 aromatic heterocycles. The van der Waals surface area contributed by atoms with Crippen LogP contribution in [0.1, 0.15) is 58.1 Å². The highest BCUT2D eigenvalue weighted by Gasteiger charge is 2.67. The molecule has 4 nitrogen and oxygen atoms in total. The number of hydrogen-bond donors (Lipinski definition) is 1. The van der Waals surface area contributed by atoms with Crippen LogP contribution >= 0.6 is 0 Å². The third-order valence-electron chi connectivity index (χ3n) is 7.74. The van der Waals surface area contributed by atoms with Gasteiger partial charge in [-0.2, -0.15) is 8.42 Å². The molecule has 4 rings (SSSR count). The van der Waals surface area contributed by atoms with Crippen LogP contribution in [0.25, 0.3) is 0 Å². The maximum absolute atomic E-state index is 13.0. The third kappa shape index (κ3) is 4.30. The van der Waals surface area contributed by atoms with Crippen molar-refractivity contribution < 1.29 is 39.0 Å². The first-order valence-corrected chi connectivity index (χ1v) is 14.9. The van der Waals surface area contributed by atoms with Crippen molar-refractivity contribution in [1.82, 2.24) is 0 Å². The number of halogens is 1. The molecule has 2 aromatic rings. The van der Waals surface area contributed by atoms with Gasteiger partial charge in [0.2, 0.25) is 0 Å². The van der Waals surface area contributed by atoms with E-state index in [2.05, 4.69) is 70.2 Å². The predicted molar refractivity (Wildman–Crippen MR) is 122 cm³/mol. The predicted octanol–water partition coefficient (Wildman–Crippen LogP) is 1.92. The van der Waals surface area contributed by atoms with E-state index in [1.165, 1.54) is 18.3 Å². The van der Waals surface area contributed by atoms with Gasteiger partial charge in [-0.1, -0.05) is 58.0 Å². The fourth-order valence-corrected chi connectivity index (χ4v) is 9.57. The van der Waals surface area contributed by atoms with Crippen LogP contribution in [0.2, 0.25) is 0 Å². The van der Waals surface area contributed by atoms with Gasteiger partial charge in [0.1, 0.15) is 5.78 Å². The number of carbonyl (C=O) groups is 1. The lowest BCUT2D eigenvalue weighted by Crippen LogP contribution is -3.61. The van der Waals surface area contributed by atoms with Crippen molar-refractivity contribution in [2.75, 3.05) is 5.75 Å². The van der Waals surface area contributed by atoms with Crippen LogP contribution in [0, 0.1) is 23.9 Å². The summed E-state index contributed by atoms with van der Waals surface area (Å²) in [5.74, 6) is -0.259. The highest BCUT2D eigenvalue weighted by molar-refractivity contribution is 7.85. The minimum absolute atomic E-state index is 0.0128. The third-order valence-corrected chi connectivity index (χ3v) is 11.6. The molecule has 0 radical (unpaired) electrons. The average molecular weight is 568 g/mol. The van der Waals surface area contributed by atoms with Crippen LogP contribution < -0.4 is 21.2 Å². The molecule has 172 valence electrons. The molecule has 2 bridgehead atoms. The van der Waals surface area contributed by atoms with Crippen molar-refractivity contribution in [3.05, 3.63) is 66.8 Å². The summed E-state index contributed by atoms with van der Waals surface area (Å²) < 4.78 is 36.1. The molecule has 0 spiro atoms. The molecule has 32 heavy (non-hydrogen) atoms. The molecule has 2 aliphatic rings. The van der Waals surface area contributed by atoms with Crippen LogP contribution in [-0.2, 0) is 26.7 Å². The summed E-state index contributed by atoms with van der Waals surface area (Å²) in [7, 11) is -4.24. The summed E-state index contributed by atoms with van der Waals surface area (Å²) in [6.45, 7) is 8.72. The highest BCUT2D eigenvalue weighted by atomic mass is 127. The molecule has 2 saturated carbocycles. The van der Waals surface area contributed by atoms with Gasteiger partial charge in [0.25, 0.3) is 10.1 Å². The number of benzene rings is 2. The van der Waals surface area contributed by atoms with E-state index in [9.17, 15) is 17.8 Å². The van der Waals surface area contributed by atoms with Gasteiger partial charge in [-0.25, -0.2) is 0 Å². The summed E-state index contributed by atoms with van der Waals surface area (Å²) in [4.78, 5) is 13.0. The zero-order chi connectivity index (χ0) is 23.4. The van der Waals surface area contributed by atoms with E-state index >= 15 is 0 Å². The molecule has 3 unspecified atom stereocenters. The van der Waals surface area contributed by atoms with Crippen molar-refractivity contribution in [2.24, 2.45) is 16.7 Å². The Labute approximate surface area is 202 Å². The molecule has 0 aliphatic heterocycles. The van der Waals surface area contributed by atoms with Crippen LogP contribution in [-0.4, -0.2) is 24.5 Å². The highest BCUT2D eigenvalue weighted by Crippen LogP contribution is 2.65. The second kappa shape index (κ2) is 8.20. The fraction of sp³-hybridized carbons (Fsp3) is 0.500. The number of Topliss-reactive ketones (excluding diaryl/α,β-unsaturated/α-hetero) is 1. The Bertz CT molecular complexity index is 1130. The normalized spacial score (nSPS) is 27.8. The van der Waals surface area contributed by atoms with Crippen molar-refractivity contribution in [3.63, 3.8) is 0 Å². The molecule has 0 amide bonds. The monoisotopic (exact) mass is 567 g/mol. The largest absolute Gasteiger partial charge is 0.358 e. The van der Waals surface area contributed by atoms with Crippen molar-refractivity contribution >= 4 is 15.9 Å². The molecular weight excluding hydrogens is 535 g/mol. The molecule has 0 saturated heterocycles. The van der Waals surface area contributed by atoms with E-state index < -0.39 is 47.9 Å². The Hall–Kier alpha value is -1.25. The molecule has 6 heteroatoms. The van der Waals surface area contributed by atoms with Crippen molar-refractivity contribution in [3.8, 4) is 0 Å². The summed E-state index contributed by atoms with van der Waals surface area (Å²) in [6, 6.07) is 17.3. The van der Waals surface area contributed by atoms with E-state index in [0.29, 0.717) is 19.3 Å². The Morgan fingerprint density at radius 1 is 1.09 bits per heavy atom. The zero-order valence-corrected chi connectivity index (χ0v) is 22.2. The number of ketones is 1. The first kappa shape index (κ1) is 23.9. The summed E-state index contributed by atoms with van der Waals surface area (Å²) in [6.07, 6.45) is 2.51.